The van der Waals surface area contributed by atoms with Gasteiger partial charge in [0.1, 0.15) is 26.8 Å². The van der Waals surface area contributed by atoms with Crippen LogP contribution in [-0.2, 0) is 33.3 Å². The van der Waals surface area contributed by atoms with Crippen LogP contribution in [0.5, 0.6) is 0 Å². The van der Waals surface area contributed by atoms with E-state index < -0.39 is 20.2 Å². The molecule has 0 unspecified atom stereocenters. The average Bonchev–Trinajstić information content (AvgIpc) is 3.07. The summed E-state index contributed by atoms with van der Waals surface area (Å²) in [6.45, 7) is 6.48. The van der Waals surface area contributed by atoms with Crippen molar-refractivity contribution in [3.63, 3.8) is 0 Å². The fraction of sp³-hybridized carbons (Fsp3) is 0.162. The van der Waals surface area contributed by atoms with Crippen molar-refractivity contribution in [1.29, 1.82) is 0 Å². The summed E-state index contributed by atoms with van der Waals surface area (Å²) in [6.07, 6.45) is 8.26. The van der Waals surface area contributed by atoms with Crippen molar-refractivity contribution >= 4 is 37.2 Å². The number of rotatable bonds is 11. The Morgan fingerprint density at radius 1 is 0.667 bits per heavy atom. The Labute approximate surface area is 305 Å². The number of nitrogens with zero attached hydrogens (tertiary/aromatic N) is 2. The van der Waals surface area contributed by atoms with Crippen LogP contribution in [-0.4, -0.2) is 49.3 Å². The first-order chi connectivity index (χ1) is 22.5. The standard InChI is InChI=1S/C37H36N2O6S2.Na/c1-3-38(26-28-13-23-35(24-14-28)46(40,41)42)33-19-15-31(16-20-33)37(30-10-6-5-7-11-30)32-17-21-34(22-18-32)39(4-2)27-29-9-8-12-36(25-29)47(43,44)45;/h5-25H,3-4,26-27H2,1-2H3,(H-,40,41,42,43,44,45);/q;+1/p-1. The average molecular weight is 691 g/mol. The Morgan fingerprint density at radius 2 is 1.27 bits per heavy atom. The molecule has 48 heavy (non-hydrogen) atoms. The van der Waals surface area contributed by atoms with E-state index in [2.05, 4.69) is 64.9 Å². The normalized spacial score (nSPS) is 12.8. The monoisotopic (exact) mass is 690 g/mol. The summed E-state index contributed by atoms with van der Waals surface area (Å²) < 4.78 is 70.6. The van der Waals surface area contributed by atoms with Crippen LogP contribution in [0.3, 0.4) is 0 Å². The minimum atomic E-state index is -4.53. The molecule has 8 nitrogen and oxygen atoms in total. The molecule has 0 radical (unpaired) electrons. The molecule has 242 valence electrons. The fourth-order valence-corrected chi connectivity index (χ4v) is 6.57. The second-order valence-corrected chi connectivity index (χ2v) is 13.8. The molecule has 0 heterocycles. The third kappa shape index (κ3) is 9.29. The van der Waals surface area contributed by atoms with E-state index in [0.29, 0.717) is 19.6 Å². The smallest absolute Gasteiger partial charge is 0.744 e. The fourth-order valence-electron chi connectivity index (χ4n) is 5.56. The van der Waals surface area contributed by atoms with Crippen LogP contribution < -0.4 is 34.5 Å². The van der Waals surface area contributed by atoms with Crippen LogP contribution in [0.2, 0.25) is 0 Å². The van der Waals surface area contributed by atoms with Gasteiger partial charge in [0, 0.05) is 36.5 Å². The third-order valence-electron chi connectivity index (χ3n) is 8.01. The molecule has 0 fully saturated rings. The van der Waals surface area contributed by atoms with Gasteiger partial charge < -0.3 is 14.0 Å². The first-order valence-electron chi connectivity index (χ1n) is 15.2. The molecule has 0 saturated carbocycles. The molecule has 5 rings (SSSR count). The van der Waals surface area contributed by atoms with E-state index >= 15 is 0 Å². The van der Waals surface area contributed by atoms with E-state index in [1.807, 2.05) is 43.3 Å². The Balaban J connectivity index is 0.00000520. The zero-order valence-corrected chi connectivity index (χ0v) is 30.7. The first-order valence-corrected chi connectivity index (χ1v) is 18.0. The van der Waals surface area contributed by atoms with Gasteiger partial charge in [0.05, 0.1) is 9.79 Å². The molecule has 0 bridgehead atoms. The number of hydrogen-bond donors (Lipinski definition) is 0. The molecule has 0 atom stereocenters. The number of allylic oxidation sites excluding steroid dienone is 5. The van der Waals surface area contributed by atoms with E-state index in [4.69, 9.17) is 0 Å². The van der Waals surface area contributed by atoms with E-state index in [1.165, 1.54) is 24.3 Å². The first kappa shape index (κ1) is 37.2. The van der Waals surface area contributed by atoms with E-state index in [0.717, 1.165) is 51.3 Å². The quantitative estimate of drug-likeness (QED) is 0.135. The molecule has 0 saturated heterocycles. The second kappa shape index (κ2) is 16.2. The Morgan fingerprint density at radius 3 is 1.83 bits per heavy atom. The molecule has 0 N–H and O–H groups in total. The maximum atomic E-state index is 11.5. The van der Waals surface area contributed by atoms with Crippen molar-refractivity contribution in [2.24, 2.45) is 0 Å². The van der Waals surface area contributed by atoms with E-state index in [1.54, 1.807) is 18.2 Å². The van der Waals surface area contributed by atoms with Crippen molar-refractivity contribution in [2.45, 2.75) is 36.7 Å². The van der Waals surface area contributed by atoms with Crippen molar-refractivity contribution in [3.05, 3.63) is 155 Å². The maximum Gasteiger partial charge on any atom is 1.00 e. The third-order valence-corrected chi connectivity index (χ3v) is 9.69. The van der Waals surface area contributed by atoms with Crippen molar-refractivity contribution in [3.8, 4) is 0 Å². The minimum absolute atomic E-state index is 0. The molecular formula is C37H35N2NaO6S2. The van der Waals surface area contributed by atoms with Gasteiger partial charge in [-0.05, 0) is 90.2 Å². The maximum absolute atomic E-state index is 11.5. The van der Waals surface area contributed by atoms with Gasteiger partial charge in [-0.2, -0.15) is 0 Å². The molecule has 0 amide bonds. The molecule has 0 aliphatic heterocycles. The zero-order valence-electron chi connectivity index (χ0n) is 27.1. The van der Waals surface area contributed by atoms with Crippen LogP contribution >= 0.6 is 0 Å². The van der Waals surface area contributed by atoms with E-state index in [9.17, 15) is 25.9 Å². The van der Waals surface area contributed by atoms with Gasteiger partial charge in [0.25, 0.3) is 0 Å². The second-order valence-electron chi connectivity index (χ2n) is 11.1. The van der Waals surface area contributed by atoms with Crippen LogP contribution in [0.1, 0.15) is 36.1 Å². The summed E-state index contributed by atoms with van der Waals surface area (Å²) in [7, 11) is -9.02. The SMILES string of the molecule is CCN(Cc1ccc(S(=O)(=O)[O-])cc1)c1ccc(C(=C2C=CC(=[N+](CC)Cc3cccc(S(=O)(=O)[O-])c3)C=C2)c2ccccc2)cc1.[Na+]. The van der Waals surface area contributed by atoms with E-state index in [-0.39, 0.29) is 39.3 Å². The molecular weight excluding hydrogens is 656 g/mol. The molecule has 11 heteroatoms. The Bertz CT molecular complexity index is 2070. The zero-order chi connectivity index (χ0) is 33.6. The minimum Gasteiger partial charge on any atom is -0.744 e. The summed E-state index contributed by atoms with van der Waals surface area (Å²) >= 11 is 0. The van der Waals surface area contributed by atoms with Crippen molar-refractivity contribution in [1.82, 2.24) is 0 Å². The van der Waals surface area contributed by atoms with Gasteiger partial charge in [-0.3, -0.25) is 0 Å². The summed E-state index contributed by atoms with van der Waals surface area (Å²) in [6, 6.07) is 30.7. The molecule has 1 aliphatic rings. The van der Waals surface area contributed by atoms with Gasteiger partial charge in [-0.15, -0.1) is 0 Å². The van der Waals surface area contributed by atoms with Crippen molar-refractivity contribution in [2.75, 3.05) is 18.0 Å². The number of hydrogen-bond acceptors (Lipinski definition) is 7. The van der Waals surface area contributed by atoms with Crippen molar-refractivity contribution < 1.29 is 60.1 Å². The molecule has 1 aliphatic carbocycles. The molecule has 4 aromatic carbocycles. The molecule has 0 spiro atoms. The Hall–Kier alpha value is -3.61. The van der Waals surface area contributed by atoms with Crippen LogP contribution in [0.25, 0.3) is 5.57 Å². The van der Waals surface area contributed by atoms with Gasteiger partial charge in [-0.25, -0.2) is 21.4 Å². The van der Waals surface area contributed by atoms with Crippen LogP contribution in [0.4, 0.5) is 5.69 Å². The van der Waals surface area contributed by atoms with Gasteiger partial charge in [0.15, 0.2) is 12.3 Å². The topological polar surface area (TPSA) is 121 Å². The molecule has 0 aromatic heterocycles. The predicted octanol–water partition coefficient (Wildman–Crippen LogP) is 3.13. The van der Waals surface area contributed by atoms with Gasteiger partial charge >= 0.3 is 29.6 Å². The van der Waals surface area contributed by atoms with Gasteiger partial charge in [-0.1, -0.05) is 66.7 Å². The molecule has 4 aromatic rings. The Kier molecular flexibility index (Phi) is 12.6. The van der Waals surface area contributed by atoms with Crippen LogP contribution in [0, 0.1) is 0 Å². The van der Waals surface area contributed by atoms with Gasteiger partial charge in [0.2, 0.25) is 0 Å². The van der Waals surface area contributed by atoms with Crippen LogP contribution in [0.15, 0.2) is 143 Å². The number of benzene rings is 4. The summed E-state index contributed by atoms with van der Waals surface area (Å²) in [5, 5.41) is 0. The number of anilines is 1. The summed E-state index contributed by atoms with van der Waals surface area (Å²) in [5.41, 5.74) is 7.80. The summed E-state index contributed by atoms with van der Waals surface area (Å²) in [4.78, 5) is 1.70. The largest absolute Gasteiger partial charge is 1.00 e. The summed E-state index contributed by atoms with van der Waals surface area (Å²) in [5.74, 6) is 0. The predicted molar refractivity (Wildman–Crippen MR) is 182 cm³/mol.